The summed E-state index contributed by atoms with van der Waals surface area (Å²) in [6.45, 7) is 5.04. The van der Waals surface area contributed by atoms with Gasteiger partial charge in [0.2, 0.25) is 5.91 Å². The number of fused-ring (bicyclic) bond motifs is 1. The normalized spacial score (nSPS) is 26.2. The molecule has 2 aromatic heterocycles. The van der Waals surface area contributed by atoms with Gasteiger partial charge in [-0.05, 0) is 69.8 Å². The standard InChI is InChI=1S/C20H28N4O/c1-14-12-16(5-9-23(14)2)20(25)24-10-6-15(7-11-24)18-13-22-19-17(18)4-3-8-21-19/h3-4,8,13-16H,5-7,9-12H2,1-2H3,(H,21,22)/t14-,16-/m1/s1. The zero-order chi connectivity index (χ0) is 17.4. The van der Waals surface area contributed by atoms with E-state index in [2.05, 4.69) is 46.0 Å². The average molecular weight is 340 g/mol. The van der Waals surface area contributed by atoms with Gasteiger partial charge in [0.05, 0.1) is 0 Å². The van der Waals surface area contributed by atoms with E-state index >= 15 is 0 Å². The molecule has 2 saturated heterocycles. The topological polar surface area (TPSA) is 52.2 Å². The van der Waals surface area contributed by atoms with E-state index in [0.717, 1.165) is 51.0 Å². The minimum absolute atomic E-state index is 0.222. The predicted octanol–water partition coefficient (Wildman–Crippen LogP) is 3.00. The van der Waals surface area contributed by atoms with E-state index in [1.807, 2.05) is 12.3 Å². The molecule has 0 aliphatic carbocycles. The fraction of sp³-hybridized carbons (Fsp3) is 0.600. The van der Waals surface area contributed by atoms with Crippen LogP contribution in [-0.4, -0.2) is 58.4 Å². The van der Waals surface area contributed by atoms with Crippen molar-refractivity contribution in [3.63, 3.8) is 0 Å². The molecule has 5 heteroatoms. The van der Waals surface area contributed by atoms with E-state index in [1.54, 1.807) is 0 Å². The van der Waals surface area contributed by atoms with Gasteiger partial charge in [-0.3, -0.25) is 4.79 Å². The number of likely N-dealkylation sites (tertiary alicyclic amines) is 2. The maximum absolute atomic E-state index is 12.9. The van der Waals surface area contributed by atoms with Crippen LogP contribution in [0.1, 0.15) is 44.1 Å². The molecule has 2 fully saturated rings. The van der Waals surface area contributed by atoms with Crippen molar-refractivity contribution in [3.05, 3.63) is 30.1 Å². The molecule has 0 saturated carbocycles. The first kappa shape index (κ1) is 16.6. The third-order valence-electron chi connectivity index (χ3n) is 6.29. The molecule has 134 valence electrons. The summed E-state index contributed by atoms with van der Waals surface area (Å²) in [6.07, 6.45) is 8.05. The molecule has 2 aliphatic heterocycles. The number of nitrogens with one attached hydrogen (secondary N) is 1. The van der Waals surface area contributed by atoms with E-state index in [1.165, 1.54) is 10.9 Å². The lowest BCUT2D eigenvalue weighted by Crippen LogP contribution is -2.46. The van der Waals surface area contributed by atoms with Crippen LogP contribution in [0.3, 0.4) is 0 Å². The smallest absolute Gasteiger partial charge is 0.225 e. The Bertz CT molecular complexity index is 747. The highest BCUT2D eigenvalue weighted by Gasteiger charge is 2.33. The summed E-state index contributed by atoms with van der Waals surface area (Å²) in [5.74, 6) is 1.14. The zero-order valence-electron chi connectivity index (χ0n) is 15.2. The number of hydrogen-bond donors (Lipinski definition) is 1. The summed E-state index contributed by atoms with van der Waals surface area (Å²) in [4.78, 5) is 25.1. The maximum Gasteiger partial charge on any atom is 0.225 e. The van der Waals surface area contributed by atoms with Gasteiger partial charge < -0.3 is 14.8 Å². The fourth-order valence-electron chi connectivity index (χ4n) is 4.50. The number of pyridine rings is 1. The first-order valence-corrected chi connectivity index (χ1v) is 9.54. The van der Waals surface area contributed by atoms with Crippen LogP contribution in [0.2, 0.25) is 0 Å². The van der Waals surface area contributed by atoms with Crippen LogP contribution in [0.25, 0.3) is 11.0 Å². The number of amides is 1. The van der Waals surface area contributed by atoms with Gasteiger partial charge in [-0.15, -0.1) is 0 Å². The first-order valence-electron chi connectivity index (χ1n) is 9.54. The molecule has 5 nitrogen and oxygen atoms in total. The summed E-state index contributed by atoms with van der Waals surface area (Å²) in [7, 11) is 2.16. The van der Waals surface area contributed by atoms with Gasteiger partial charge in [0.1, 0.15) is 5.65 Å². The van der Waals surface area contributed by atoms with Crippen molar-refractivity contribution in [2.75, 3.05) is 26.7 Å². The van der Waals surface area contributed by atoms with Crippen LogP contribution < -0.4 is 0 Å². The van der Waals surface area contributed by atoms with Crippen molar-refractivity contribution >= 4 is 16.9 Å². The van der Waals surface area contributed by atoms with Gasteiger partial charge in [0, 0.05) is 42.8 Å². The molecule has 2 aromatic rings. The number of piperidine rings is 2. The predicted molar refractivity (Wildman–Crippen MR) is 99.5 cm³/mol. The summed E-state index contributed by atoms with van der Waals surface area (Å²) in [6, 6.07) is 4.66. The van der Waals surface area contributed by atoms with Crippen LogP contribution >= 0.6 is 0 Å². The lowest BCUT2D eigenvalue weighted by Gasteiger charge is -2.39. The van der Waals surface area contributed by atoms with Crippen molar-refractivity contribution in [1.29, 1.82) is 0 Å². The van der Waals surface area contributed by atoms with Gasteiger partial charge >= 0.3 is 0 Å². The quantitative estimate of drug-likeness (QED) is 0.914. The Kier molecular flexibility index (Phi) is 4.50. The Hall–Kier alpha value is -1.88. The summed E-state index contributed by atoms with van der Waals surface area (Å²) in [5.41, 5.74) is 2.33. The van der Waals surface area contributed by atoms with Crippen molar-refractivity contribution in [1.82, 2.24) is 19.8 Å². The van der Waals surface area contributed by atoms with Crippen LogP contribution in [0.5, 0.6) is 0 Å². The molecule has 4 rings (SSSR count). The Morgan fingerprint density at radius 3 is 2.80 bits per heavy atom. The number of H-pyrrole nitrogens is 1. The van der Waals surface area contributed by atoms with Gasteiger partial charge in [-0.2, -0.15) is 0 Å². The number of aromatic nitrogens is 2. The monoisotopic (exact) mass is 340 g/mol. The molecular formula is C20H28N4O. The SMILES string of the molecule is C[C@@H]1C[C@H](C(=O)N2CCC(c3c[nH]c4ncccc34)CC2)CCN1C. The summed E-state index contributed by atoms with van der Waals surface area (Å²) < 4.78 is 0. The highest BCUT2D eigenvalue weighted by atomic mass is 16.2. The fourth-order valence-corrected chi connectivity index (χ4v) is 4.50. The Morgan fingerprint density at radius 2 is 2.04 bits per heavy atom. The van der Waals surface area contributed by atoms with E-state index in [-0.39, 0.29) is 5.92 Å². The van der Waals surface area contributed by atoms with Crippen molar-refractivity contribution in [3.8, 4) is 0 Å². The molecule has 0 aromatic carbocycles. The number of hydrogen-bond acceptors (Lipinski definition) is 3. The third-order valence-corrected chi connectivity index (χ3v) is 6.29. The molecule has 0 bridgehead atoms. The maximum atomic E-state index is 12.9. The first-order chi connectivity index (χ1) is 12.1. The second kappa shape index (κ2) is 6.79. The van der Waals surface area contributed by atoms with E-state index in [9.17, 15) is 4.79 Å². The number of rotatable bonds is 2. The molecule has 25 heavy (non-hydrogen) atoms. The molecule has 4 heterocycles. The highest BCUT2D eigenvalue weighted by molar-refractivity contribution is 5.81. The number of nitrogens with zero attached hydrogens (tertiary/aromatic N) is 3. The van der Waals surface area contributed by atoms with Crippen LogP contribution in [0.15, 0.2) is 24.5 Å². The largest absolute Gasteiger partial charge is 0.346 e. The average Bonchev–Trinajstić information content (AvgIpc) is 3.08. The molecule has 1 amide bonds. The molecule has 2 aliphatic rings. The molecule has 1 N–H and O–H groups in total. The number of carbonyl (C=O) groups is 1. The third kappa shape index (κ3) is 3.17. The van der Waals surface area contributed by atoms with E-state index in [0.29, 0.717) is 17.9 Å². The minimum Gasteiger partial charge on any atom is -0.346 e. The minimum atomic E-state index is 0.222. The Labute approximate surface area is 149 Å². The van der Waals surface area contributed by atoms with Gasteiger partial charge in [-0.1, -0.05) is 0 Å². The molecule has 0 radical (unpaired) electrons. The molecule has 0 spiro atoms. The summed E-state index contributed by atoms with van der Waals surface area (Å²) in [5, 5.41) is 1.23. The Balaban J connectivity index is 1.39. The van der Waals surface area contributed by atoms with E-state index in [4.69, 9.17) is 0 Å². The lowest BCUT2D eigenvalue weighted by molar-refractivity contribution is -0.138. The van der Waals surface area contributed by atoms with Gasteiger partial charge in [-0.25, -0.2) is 4.98 Å². The Morgan fingerprint density at radius 1 is 1.24 bits per heavy atom. The van der Waals surface area contributed by atoms with Crippen molar-refractivity contribution in [2.24, 2.45) is 5.92 Å². The number of aromatic amines is 1. The van der Waals surface area contributed by atoms with Crippen LogP contribution in [-0.2, 0) is 4.79 Å². The second-order valence-electron chi connectivity index (χ2n) is 7.79. The van der Waals surface area contributed by atoms with Crippen LogP contribution in [0.4, 0.5) is 0 Å². The summed E-state index contributed by atoms with van der Waals surface area (Å²) >= 11 is 0. The zero-order valence-corrected chi connectivity index (χ0v) is 15.2. The van der Waals surface area contributed by atoms with Crippen LogP contribution in [0, 0.1) is 5.92 Å². The molecule has 0 unspecified atom stereocenters. The van der Waals surface area contributed by atoms with Crippen molar-refractivity contribution in [2.45, 2.75) is 44.6 Å². The van der Waals surface area contributed by atoms with Gasteiger partial charge in [0.25, 0.3) is 0 Å². The van der Waals surface area contributed by atoms with E-state index < -0.39 is 0 Å². The lowest BCUT2D eigenvalue weighted by atomic mass is 9.87. The van der Waals surface area contributed by atoms with Gasteiger partial charge in [0.15, 0.2) is 0 Å². The van der Waals surface area contributed by atoms with Crippen molar-refractivity contribution < 1.29 is 4.79 Å². The highest BCUT2D eigenvalue weighted by Crippen LogP contribution is 2.33. The number of carbonyl (C=O) groups excluding carboxylic acids is 1. The molecule has 2 atom stereocenters. The second-order valence-corrected chi connectivity index (χ2v) is 7.79. The molecular weight excluding hydrogens is 312 g/mol.